The zero-order chi connectivity index (χ0) is 13.7. The molecule has 0 unspecified atom stereocenters. The Bertz CT molecular complexity index is 678. The molecule has 98 valence electrons. The maximum absolute atomic E-state index is 11.8. The average Bonchev–Trinajstić information content (AvgIpc) is 2.39. The van der Waals surface area contributed by atoms with Crippen LogP contribution >= 0.6 is 12.2 Å². The van der Waals surface area contributed by atoms with Crippen molar-refractivity contribution in [2.75, 3.05) is 6.54 Å². The van der Waals surface area contributed by atoms with Crippen LogP contribution in [0.1, 0.15) is 12.5 Å². The van der Waals surface area contributed by atoms with Crippen molar-refractivity contribution in [1.29, 1.82) is 0 Å². The van der Waals surface area contributed by atoms with E-state index in [2.05, 4.69) is 20.8 Å². The van der Waals surface area contributed by atoms with Crippen LogP contribution in [-0.2, 0) is 0 Å². The lowest BCUT2D eigenvalue weighted by Gasteiger charge is -2.02. The highest BCUT2D eigenvalue weighted by atomic mass is 32.1. The Morgan fingerprint density at radius 2 is 2.26 bits per heavy atom. The minimum atomic E-state index is -0.182. The maximum atomic E-state index is 11.8. The molecular formula is C13H14N4OS. The summed E-state index contributed by atoms with van der Waals surface area (Å²) >= 11 is 4.96. The van der Waals surface area contributed by atoms with Gasteiger partial charge in [0.1, 0.15) is 0 Å². The first-order valence-corrected chi connectivity index (χ1v) is 6.30. The smallest absolute Gasteiger partial charge is 0.257 e. The summed E-state index contributed by atoms with van der Waals surface area (Å²) < 4.78 is 0. The first-order valence-electron chi connectivity index (χ1n) is 5.89. The summed E-state index contributed by atoms with van der Waals surface area (Å²) in [5.41, 5.74) is 3.75. The number of H-pyrrole nitrogens is 1. The number of nitrogens with zero attached hydrogens (tertiary/aromatic N) is 1. The summed E-state index contributed by atoms with van der Waals surface area (Å²) in [5.74, 6) is 0. The number of fused-ring (bicyclic) bond motifs is 1. The second kappa shape index (κ2) is 6.10. The van der Waals surface area contributed by atoms with Gasteiger partial charge in [-0.2, -0.15) is 5.10 Å². The topological polar surface area (TPSA) is 69.3 Å². The molecule has 5 nitrogen and oxygen atoms in total. The van der Waals surface area contributed by atoms with Crippen LogP contribution in [0.25, 0.3) is 10.9 Å². The number of thiocarbonyl (C=S) groups is 1. The third kappa shape index (κ3) is 3.38. The molecule has 0 amide bonds. The van der Waals surface area contributed by atoms with Gasteiger partial charge in [0, 0.05) is 12.1 Å². The lowest BCUT2D eigenvalue weighted by Crippen LogP contribution is -2.31. The second-order valence-electron chi connectivity index (χ2n) is 3.87. The molecule has 0 aliphatic carbocycles. The molecule has 0 bridgehead atoms. The molecule has 0 saturated carbocycles. The molecule has 0 saturated heterocycles. The summed E-state index contributed by atoms with van der Waals surface area (Å²) in [6, 6.07) is 9.37. The van der Waals surface area contributed by atoms with Gasteiger partial charge in [0.05, 0.1) is 11.8 Å². The van der Waals surface area contributed by atoms with Crippen molar-refractivity contribution < 1.29 is 0 Å². The van der Waals surface area contributed by atoms with Gasteiger partial charge in [-0.25, -0.2) is 0 Å². The Morgan fingerprint density at radius 1 is 1.47 bits per heavy atom. The number of aromatic nitrogens is 1. The number of pyridine rings is 1. The molecule has 0 spiro atoms. The highest BCUT2D eigenvalue weighted by Crippen LogP contribution is 2.08. The minimum Gasteiger partial charge on any atom is -0.362 e. The van der Waals surface area contributed by atoms with Gasteiger partial charge in [0.15, 0.2) is 5.11 Å². The van der Waals surface area contributed by atoms with Gasteiger partial charge in [0.2, 0.25) is 0 Å². The largest absolute Gasteiger partial charge is 0.362 e. The number of hydrogen-bond donors (Lipinski definition) is 3. The fourth-order valence-electron chi connectivity index (χ4n) is 1.62. The van der Waals surface area contributed by atoms with Gasteiger partial charge < -0.3 is 10.3 Å². The van der Waals surface area contributed by atoms with Crippen molar-refractivity contribution in [1.82, 2.24) is 15.7 Å². The quantitative estimate of drug-likeness (QED) is 0.449. The van der Waals surface area contributed by atoms with Gasteiger partial charge in [-0.3, -0.25) is 10.2 Å². The fourth-order valence-corrected chi connectivity index (χ4v) is 1.82. The first-order chi connectivity index (χ1) is 9.20. The lowest BCUT2D eigenvalue weighted by atomic mass is 10.2. The van der Waals surface area contributed by atoms with Crippen LogP contribution in [0.5, 0.6) is 0 Å². The lowest BCUT2D eigenvalue weighted by molar-refractivity contribution is 0.904. The fraction of sp³-hybridized carbons (Fsp3) is 0.154. The molecule has 3 N–H and O–H groups in total. The molecule has 0 atom stereocenters. The van der Waals surface area contributed by atoms with E-state index in [1.165, 1.54) is 6.21 Å². The zero-order valence-corrected chi connectivity index (χ0v) is 11.3. The molecule has 1 heterocycles. The Hall–Kier alpha value is -2.21. The van der Waals surface area contributed by atoms with Gasteiger partial charge in [0.25, 0.3) is 5.56 Å². The van der Waals surface area contributed by atoms with Gasteiger partial charge in [-0.1, -0.05) is 18.2 Å². The van der Waals surface area contributed by atoms with E-state index in [4.69, 9.17) is 12.2 Å². The van der Waals surface area contributed by atoms with Crippen LogP contribution < -0.4 is 16.3 Å². The molecule has 0 radical (unpaired) electrons. The van der Waals surface area contributed by atoms with Crippen LogP contribution in [-0.4, -0.2) is 22.9 Å². The Kier molecular flexibility index (Phi) is 4.25. The number of hydrogen-bond acceptors (Lipinski definition) is 3. The van der Waals surface area contributed by atoms with Crippen molar-refractivity contribution in [2.24, 2.45) is 5.10 Å². The monoisotopic (exact) mass is 274 g/mol. The minimum absolute atomic E-state index is 0.182. The highest BCUT2D eigenvalue weighted by Gasteiger charge is 1.99. The van der Waals surface area contributed by atoms with E-state index in [1.54, 1.807) is 6.07 Å². The number of para-hydroxylation sites is 1. The molecule has 1 aromatic heterocycles. The zero-order valence-electron chi connectivity index (χ0n) is 10.4. The van der Waals surface area contributed by atoms with Crippen LogP contribution in [0.2, 0.25) is 0 Å². The summed E-state index contributed by atoms with van der Waals surface area (Å²) in [7, 11) is 0. The van der Waals surface area contributed by atoms with Crippen LogP contribution in [0, 0.1) is 0 Å². The normalized spacial score (nSPS) is 10.8. The summed E-state index contributed by atoms with van der Waals surface area (Å²) in [5, 5.41) is 8.21. The van der Waals surface area contributed by atoms with Crippen molar-refractivity contribution in [3.63, 3.8) is 0 Å². The summed E-state index contributed by atoms with van der Waals surface area (Å²) in [6.45, 7) is 2.66. The van der Waals surface area contributed by atoms with Crippen LogP contribution in [0.15, 0.2) is 40.2 Å². The molecule has 2 aromatic rings. The Labute approximate surface area is 115 Å². The molecule has 0 aliphatic heterocycles. The molecule has 0 fully saturated rings. The first kappa shape index (κ1) is 13.2. The molecule has 6 heteroatoms. The van der Waals surface area contributed by atoms with Gasteiger partial charge in [-0.05, 0) is 36.7 Å². The van der Waals surface area contributed by atoms with Crippen LogP contribution in [0.4, 0.5) is 0 Å². The second-order valence-corrected chi connectivity index (χ2v) is 4.28. The molecule has 19 heavy (non-hydrogen) atoms. The number of benzene rings is 1. The standard InChI is InChI=1S/C13H14N4OS/c1-2-14-13(19)17-15-8-10-7-9-5-3-4-6-11(9)16-12(10)18/h3-8H,2H2,1H3,(H,16,18)(H2,14,17,19)/b15-8-. The van der Waals surface area contributed by atoms with E-state index >= 15 is 0 Å². The van der Waals surface area contributed by atoms with E-state index in [9.17, 15) is 4.79 Å². The average molecular weight is 274 g/mol. The Morgan fingerprint density at radius 3 is 3.05 bits per heavy atom. The van der Waals surface area contributed by atoms with Gasteiger partial charge >= 0.3 is 0 Å². The van der Waals surface area contributed by atoms with Crippen molar-refractivity contribution in [2.45, 2.75) is 6.92 Å². The highest BCUT2D eigenvalue weighted by molar-refractivity contribution is 7.80. The molecule has 2 rings (SSSR count). The van der Waals surface area contributed by atoms with E-state index in [0.717, 1.165) is 17.4 Å². The van der Waals surface area contributed by atoms with Crippen molar-refractivity contribution in [3.8, 4) is 0 Å². The maximum Gasteiger partial charge on any atom is 0.257 e. The Balaban J connectivity index is 2.21. The predicted octanol–water partition coefficient (Wildman–Crippen LogP) is 1.35. The third-order valence-electron chi connectivity index (χ3n) is 2.49. The van der Waals surface area contributed by atoms with Crippen LogP contribution in [0.3, 0.4) is 0 Å². The third-order valence-corrected chi connectivity index (χ3v) is 2.72. The number of nitrogens with one attached hydrogen (secondary N) is 3. The summed E-state index contributed by atoms with van der Waals surface area (Å²) in [4.78, 5) is 14.6. The van der Waals surface area contributed by atoms with E-state index < -0.39 is 0 Å². The molecule has 0 aliphatic rings. The van der Waals surface area contributed by atoms with Gasteiger partial charge in [-0.15, -0.1) is 0 Å². The van der Waals surface area contributed by atoms with E-state index in [-0.39, 0.29) is 5.56 Å². The molecule has 1 aromatic carbocycles. The number of hydrazone groups is 1. The van der Waals surface area contributed by atoms with E-state index in [0.29, 0.717) is 10.7 Å². The predicted molar refractivity (Wildman–Crippen MR) is 81.6 cm³/mol. The number of rotatable bonds is 3. The van der Waals surface area contributed by atoms with E-state index in [1.807, 2.05) is 31.2 Å². The number of aromatic amines is 1. The molecular weight excluding hydrogens is 260 g/mol. The summed E-state index contributed by atoms with van der Waals surface area (Å²) in [6.07, 6.45) is 1.45. The van der Waals surface area contributed by atoms with Crippen molar-refractivity contribution in [3.05, 3.63) is 46.2 Å². The SMILES string of the molecule is CCNC(=S)N/N=C\c1cc2ccccc2[nH]c1=O. The van der Waals surface area contributed by atoms with Crippen molar-refractivity contribution >= 4 is 34.4 Å².